The van der Waals surface area contributed by atoms with Gasteiger partial charge in [0.2, 0.25) is 0 Å². The Labute approximate surface area is 132 Å². The van der Waals surface area contributed by atoms with Gasteiger partial charge in [0.15, 0.2) is 0 Å². The van der Waals surface area contributed by atoms with Crippen LogP contribution in [0.4, 0.5) is 5.82 Å². The predicted octanol–water partition coefficient (Wildman–Crippen LogP) is 2.62. The van der Waals surface area contributed by atoms with Crippen molar-refractivity contribution < 1.29 is 14.3 Å². The van der Waals surface area contributed by atoms with Gasteiger partial charge in [0.25, 0.3) is 5.91 Å². The number of nitrogens with zero attached hydrogens (tertiary/aromatic N) is 2. The number of nitrogens with one attached hydrogen (secondary N) is 1. The molecule has 1 aliphatic heterocycles. The first-order valence-corrected chi connectivity index (χ1v) is 8.09. The summed E-state index contributed by atoms with van der Waals surface area (Å²) < 4.78 is 12.7. The van der Waals surface area contributed by atoms with Gasteiger partial charge in [-0.15, -0.1) is 0 Å². The van der Waals surface area contributed by atoms with Gasteiger partial charge in [-0.25, -0.2) is 4.68 Å². The van der Waals surface area contributed by atoms with Gasteiger partial charge in [0.1, 0.15) is 12.4 Å². The molecule has 0 bridgehead atoms. The summed E-state index contributed by atoms with van der Waals surface area (Å²) in [5.74, 6) is 1.15. The van der Waals surface area contributed by atoms with Crippen LogP contribution in [0.25, 0.3) is 0 Å². The number of ether oxygens (including phenoxy) is 2. The second-order valence-corrected chi connectivity index (χ2v) is 6.34. The van der Waals surface area contributed by atoms with Crippen molar-refractivity contribution in [1.29, 1.82) is 0 Å². The highest BCUT2D eigenvalue weighted by Gasteiger charge is 2.17. The van der Waals surface area contributed by atoms with E-state index in [1.54, 1.807) is 6.20 Å². The molecule has 1 aromatic rings. The van der Waals surface area contributed by atoms with Gasteiger partial charge in [0.05, 0.1) is 24.9 Å². The fourth-order valence-corrected chi connectivity index (χ4v) is 2.78. The summed E-state index contributed by atoms with van der Waals surface area (Å²) in [6.45, 7) is 7.79. The molecular weight excluding hydrogens is 282 g/mol. The Bertz CT molecular complexity index is 467. The average Bonchev–Trinajstić information content (AvgIpc) is 3.09. The predicted molar refractivity (Wildman–Crippen MR) is 84.8 cm³/mol. The summed E-state index contributed by atoms with van der Waals surface area (Å²) in [6.07, 6.45) is 4.96. The molecule has 0 aromatic carbocycles. The monoisotopic (exact) mass is 309 g/mol. The molecule has 6 heteroatoms. The van der Waals surface area contributed by atoms with Gasteiger partial charge < -0.3 is 14.8 Å². The molecule has 0 saturated carbocycles. The minimum absolute atomic E-state index is 0.0452. The Kier molecular flexibility index (Phi) is 6.39. The first kappa shape index (κ1) is 17.0. The van der Waals surface area contributed by atoms with Gasteiger partial charge in [-0.1, -0.05) is 13.8 Å². The molecule has 2 atom stereocenters. The average molecular weight is 309 g/mol. The van der Waals surface area contributed by atoms with E-state index in [9.17, 15) is 4.79 Å². The smallest absolute Gasteiger partial charge is 0.251 e. The van der Waals surface area contributed by atoms with Crippen molar-refractivity contribution in [3.8, 4) is 0 Å². The summed E-state index contributed by atoms with van der Waals surface area (Å²) in [7, 11) is 0. The highest BCUT2D eigenvalue weighted by Crippen LogP contribution is 2.20. The Hall–Kier alpha value is -1.40. The summed E-state index contributed by atoms with van der Waals surface area (Å²) in [5.41, 5.74) is 0. The largest absolute Gasteiger partial charge is 0.376 e. The normalized spacial score (nSPS) is 19.5. The number of amides is 1. The quantitative estimate of drug-likeness (QED) is 0.801. The molecule has 1 saturated heterocycles. The third-order valence-corrected chi connectivity index (χ3v) is 3.73. The molecule has 1 amide bonds. The first-order chi connectivity index (χ1) is 10.6. The van der Waals surface area contributed by atoms with Gasteiger partial charge >= 0.3 is 0 Å². The second-order valence-electron chi connectivity index (χ2n) is 6.34. The van der Waals surface area contributed by atoms with E-state index in [2.05, 4.69) is 31.2 Å². The molecule has 1 N–H and O–H groups in total. The van der Waals surface area contributed by atoms with Crippen LogP contribution in [-0.2, 0) is 14.3 Å². The Morgan fingerprint density at radius 3 is 3.05 bits per heavy atom. The van der Waals surface area contributed by atoms with E-state index < -0.39 is 0 Å². The second kappa shape index (κ2) is 8.29. The van der Waals surface area contributed by atoms with E-state index in [4.69, 9.17) is 9.47 Å². The van der Waals surface area contributed by atoms with Crippen molar-refractivity contribution in [2.45, 2.75) is 52.2 Å². The van der Waals surface area contributed by atoms with Crippen molar-refractivity contribution in [3.05, 3.63) is 12.3 Å². The van der Waals surface area contributed by atoms with E-state index in [1.165, 1.54) is 0 Å². The molecule has 0 unspecified atom stereocenters. The molecular formula is C16H27N3O3. The number of carbonyl (C=O) groups is 1. The lowest BCUT2D eigenvalue weighted by atomic mass is 10.1. The van der Waals surface area contributed by atoms with E-state index >= 15 is 0 Å². The van der Waals surface area contributed by atoms with Crippen LogP contribution in [0.15, 0.2) is 12.3 Å². The topological polar surface area (TPSA) is 65.4 Å². The molecule has 2 heterocycles. The van der Waals surface area contributed by atoms with E-state index in [-0.39, 0.29) is 24.7 Å². The highest BCUT2D eigenvalue weighted by atomic mass is 16.5. The minimum Gasteiger partial charge on any atom is -0.376 e. The summed E-state index contributed by atoms with van der Waals surface area (Å²) in [4.78, 5) is 12.0. The molecule has 6 nitrogen and oxygen atoms in total. The zero-order chi connectivity index (χ0) is 15.9. The third kappa shape index (κ3) is 5.10. The van der Waals surface area contributed by atoms with Crippen molar-refractivity contribution in [2.24, 2.45) is 5.92 Å². The molecule has 1 aromatic heterocycles. The molecule has 22 heavy (non-hydrogen) atoms. The number of hydrogen-bond donors (Lipinski definition) is 1. The van der Waals surface area contributed by atoms with Crippen LogP contribution in [0.3, 0.4) is 0 Å². The number of anilines is 1. The number of carbonyl (C=O) groups excluding carboxylic acids is 1. The van der Waals surface area contributed by atoms with Crippen LogP contribution in [0.5, 0.6) is 0 Å². The third-order valence-electron chi connectivity index (χ3n) is 3.73. The van der Waals surface area contributed by atoms with Crippen molar-refractivity contribution >= 4 is 11.7 Å². The van der Waals surface area contributed by atoms with Gasteiger partial charge in [-0.3, -0.25) is 4.79 Å². The number of aromatic nitrogens is 2. The van der Waals surface area contributed by atoms with Crippen LogP contribution in [0, 0.1) is 5.92 Å². The number of hydrogen-bond acceptors (Lipinski definition) is 4. The standard InChI is InChI=1S/C16H27N3O3/c1-12(2)9-13(3)19-15(6-7-17-19)18-16(20)11-21-10-14-5-4-8-22-14/h6-7,12-14H,4-5,8-11H2,1-3H3,(H,18,20)/t13-,14-/m1/s1. The zero-order valence-electron chi connectivity index (χ0n) is 13.7. The molecule has 1 fully saturated rings. The molecule has 1 aliphatic rings. The SMILES string of the molecule is CC(C)C[C@@H](C)n1nccc1NC(=O)COC[C@H]1CCCO1. The van der Waals surface area contributed by atoms with Crippen LogP contribution >= 0.6 is 0 Å². The highest BCUT2D eigenvalue weighted by molar-refractivity contribution is 5.90. The molecule has 0 aliphatic carbocycles. The molecule has 124 valence electrons. The maximum atomic E-state index is 12.0. The van der Waals surface area contributed by atoms with Gasteiger partial charge in [0, 0.05) is 12.7 Å². The summed E-state index contributed by atoms with van der Waals surface area (Å²) in [5, 5.41) is 7.17. The lowest BCUT2D eigenvalue weighted by molar-refractivity contribution is -0.121. The van der Waals surface area contributed by atoms with Crippen LogP contribution in [-0.4, -0.2) is 41.6 Å². The van der Waals surface area contributed by atoms with E-state index in [0.717, 1.165) is 31.7 Å². The van der Waals surface area contributed by atoms with E-state index in [1.807, 2.05) is 10.7 Å². The van der Waals surface area contributed by atoms with Crippen LogP contribution < -0.4 is 5.32 Å². The van der Waals surface area contributed by atoms with Crippen molar-refractivity contribution in [3.63, 3.8) is 0 Å². The minimum atomic E-state index is -0.156. The summed E-state index contributed by atoms with van der Waals surface area (Å²) in [6, 6.07) is 2.06. The molecule has 2 rings (SSSR count). The van der Waals surface area contributed by atoms with Gasteiger partial charge in [-0.05, 0) is 32.1 Å². The van der Waals surface area contributed by atoms with Crippen LogP contribution in [0.1, 0.15) is 46.1 Å². The van der Waals surface area contributed by atoms with Crippen molar-refractivity contribution in [1.82, 2.24) is 9.78 Å². The number of rotatable bonds is 8. The Morgan fingerprint density at radius 1 is 1.55 bits per heavy atom. The molecule has 0 spiro atoms. The summed E-state index contributed by atoms with van der Waals surface area (Å²) >= 11 is 0. The Balaban J connectivity index is 1.77. The molecule has 0 radical (unpaired) electrons. The lowest BCUT2D eigenvalue weighted by Gasteiger charge is -2.18. The fraction of sp³-hybridized carbons (Fsp3) is 0.750. The Morgan fingerprint density at radius 2 is 2.36 bits per heavy atom. The van der Waals surface area contributed by atoms with Crippen molar-refractivity contribution in [2.75, 3.05) is 25.1 Å². The van der Waals surface area contributed by atoms with E-state index in [0.29, 0.717) is 12.5 Å². The first-order valence-electron chi connectivity index (χ1n) is 8.09. The lowest BCUT2D eigenvalue weighted by Crippen LogP contribution is -2.24. The fourth-order valence-electron chi connectivity index (χ4n) is 2.78. The maximum absolute atomic E-state index is 12.0. The maximum Gasteiger partial charge on any atom is 0.251 e. The zero-order valence-corrected chi connectivity index (χ0v) is 13.7. The van der Waals surface area contributed by atoms with Crippen LogP contribution in [0.2, 0.25) is 0 Å². The van der Waals surface area contributed by atoms with Gasteiger partial charge in [-0.2, -0.15) is 5.10 Å².